The van der Waals surface area contributed by atoms with E-state index in [4.69, 9.17) is 4.74 Å². The van der Waals surface area contributed by atoms with E-state index in [-0.39, 0.29) is 22.9 Å². The van der Waals surface area contributed by atoms with E-state index in [1.54, 1.807) is 13.0 Å². The van der Waals surface area contributed by atoms with E-state index in [1.165, 1.54) is 23.9 Å². The number of aromatic amines is 1. The van der Waals surface area contributed by atoms with E-state index >= 15 is 0 Å². The normalized spacial score (nSPS) is 13.6. The van der Waals surface area contributed by atoms with Gasteiger partial charge in [-0.1, -0.05) is 30.3 Å². The van der Waals surface area contributed by atoms with Gasteiger partial charge in [-0.3, -0.25) is 24.8 Å². The molecule has 2 aromatic carbocycles. The molecule has 0 unspecified atom stereocenters. The molecule has 0 bridgehead atoms. The van der Waals surface area contributed by atoms with Gasteiger partial charge in [-0.2, -0.15) is 5.10 Å². The Hall–Kier alpha value is -4.05. The molecule has 2 heterocycles. The van der Waals surface area contributed by atoms with Gasteiger partial charge < -0.3 is 4.74 Å². The Kier molecular flexibility index (Phi) is 6.75. The second-order valence-corrected chi connectivity index (χ2v) is 7.57. The van der Waals surface area contributed by atoms with E-state index in [9.17, 15) is 14.9 Å². The molecule has 10 heteroatoms. The molecule has 1 aromatic heterocycles. The van der Waals surface area contributed by atoms with Crippen molar-refractivity contribution in [1.82, 2.24) is 14.9 Å². The van der Waals surface area contributed by atoms with Gasteiger partial charge in [0.2, 0.25) is 5.95 Å². The zero-order valence-electron chi connectivity index (χ0n) is 18.2. The lowest BCUT2D eigenvalue weighted by atomic mass is 10.1. The summed E-state index contributed by atoms with van der Waals surface area (Å²) in [5.41, 5.74) is 5.49. The predicted octanol–water partition coefficient (Wildman–Crippen LogP) is 3.08. The van der Waals surface area contributed by atoms with Crippen LogP contribution in [0.25, 0.3) is 0 Å². The summed E-state index contributed by atoms with van der Waals surface area (Å²) in [4.78, 5) is 32.8. The van der Waals surface area contributed by atoms with Crippen LogP contribution in [-0.4, -0.2) is 39.2 Å². The summed E-state index contributed by atoms with van der Waals surface area (Å²) in [5, 5.41) is 15.3. The number of hydrazone groups is 1. The highest BCUT2D eigenvalue weighted by Crippen LogP contribution is 2.27. The summed E-state index contributed by atoms with van der Waals surface area (Å²) >= 11 is 0. The summed E-state index contributed by atoms with van der Waals surface area (Å²) in [5.74, 6) is 0.432. The lowest BCUT2D eigenvalue weighted by Gasteiger charge is -2.27. The van der Waals surface area contributed by atoms with Crippen molar-refractivity contribution < 1.29 is 9.66 Å². The molecule has 0 spiro atoms. The van der Waals surface area contributed by atoms with Crippen molar-refractivity contribution in [2.24, 2.45) is 5.10 Å². The number of nitro benzene ring substituents is 1. The molecule has 1 aliphatic rings. The minimum atomic E-state index is -0.501. The molecule has 0 aliphatic carbocycles. The Labute approximate surface area is 190 Å². The van der Waals surface area contributed by atoms with E-state index < -0.39 is 4.92 Å². The van der Waals surface area contributed by atoms with Crippen LogP contribution in [0.2, 0.25) is 0 Å². The quantitative estimate of drug-likeness (QED) is 0.308. The van der Waals surface area contributed by atoms with Crippen LogP contribution in [0.15, 0.2) is 58.4 Å². The third kappa shape index (κ3) is 5.42. The van der Waals surface area contributed by atoms with Gasteiger partial charge in [0.15, 0.2) is 5.75 Å². The van der Waals surface area contributed by atoms with E-state index in [1.807, 2.05) is 18.2 Å². The second kappa shape index (κ2) is 10.0. The molecule has 3 aromatic rings. The number of rotatable bonds is 8. The third-order valence-electron chi connectivity index (χ3n) is 5.26. The lowest BCUT2D eigenvalue weighted by molar-refractivity contribution is -0.385. The maximum absolute atomic E-state index is 12.6. The molecule has 33 heavy (non-hydrogen) atoms. The average Bonchev–Trinajstić information content (AvgIpc) is 2.81. The number of nitro groups is 1. The largest absolute Gasteiger partial charge is 0.487 e. The van der Waals surface area contributed by atoms with Gasteiger partial charge in [0, 0.05) is 37.7 Å². The number of fused-ring (bicyclic) bond motifs is 1. The van der Waals surface area contributed by atoms with Crippen LogP contribution >= 0.6 is 0 Å². The molecule has 10 nitrogen and oxygen atoms in total. The van der Waals surface area contributed by atoms with Crippen molar-refractivity contribution in [3.63, 3.8) is 0 Å². The smallest absolute Gasteiger partial charge is 0.311 e. The molecule has 0 saturated heterocycles. The number of hydrogen-bond donors (Lipinski definition) is 2. The van der Waals surface area contributed by atoms with Crippen LogP contribution in [0.1, 0.15) is 29.3 Å². The summed E-state index contributed by atoms with van der Waals surface area (Å²) < 4.78 is 5.28. The number of H-pyrrole nitrogens is 1. The molecule has 0 amide bonds. The van der Waals surface area contributed by atoms with Crippen LogP contribution in [0, 0.1) is 10.1 Å². The molecule has 2 N–H and O–H groups in total. The molecular weight excluding hydrogens is 424 g/mol. The zero-order chi connectivity index (χ0) is 23.2. The number of hydrogen-bond acceptors (Lipinski definition) is 8. The number of ether oxygens (including phenoxy) is 1. The molecule has 0 radical (unpaired) electrons. The summed E-state index contributed by atoms with van der Waals surface area (Å²) in [6, 6.07) is 14.7. The average molecular weight is 448 g/mol. The standard InChI is InChI=1S/C23H24N6O4/c1-2-33-21-9-8-17(12-20(21)29(31)32)13-24-27-23-25-19-10-11-28(15-18(19)22(30)26-23)14-16-6-4-3-5-7-16/h3-9,12-13H,2,10-11,14-15H2,1H3,(H2,25,26,27,30)/b24-13-. The monoisotopic (exact) mass is 448 g/mol. The molecule has 0 atom stereocenters. The van der Waals surface area contributed by atoms with Crippen molar-refractivity contribution in [1.29, 1.82) is 0 Å². The van der Waals surface area contributed by atoms with Crippen LogP contribution < -0.4 is 15.7 Å². The van der Waals surface area contributed by atoms with Gasteiger partial charge in [0.25, 0.3) is 5.56 Å². The fourth-order valence-electron chi connectivity index (χ4n) is 3.71. The van der Waals surface area contributed by atoms with Crippen LogP contribution in [-0.2, 0) is 19.5 Å². The lowest BCUT2D eigenvalue weighted by Crippen LogP contribution is -2.35. The highest BCUT2D eigenvalue weighted by atomic mass is 16.6. The molecule has 0 fully saturated rings. The Morgan fingerprint density at radius 3 is 2.88 bits per heavy atom. The van der Waals surface area contributed by atoms with E-state index in [0.717, 1.165) is 18.8 Å². The SMILES string of the molecule is CCOc1ccc(/C=N\Nc2nc3c(c(=O)[nH]2)CN(Cc2ccccc2)CC3)cc1[N+](=O)[O-]. The first-order valence-electron chi connectivity index (χ1n) is 10.6. The molecule has 170 valence electrons. The van der Waals surface area contributed by atoms with Crippen molar-refractivity contribution >= 4 is 17.9 Å². The van der Waals surface area contributed by atoms with Crippen LogP contribution in [0.4, 0.5) is 11.6 Å². The van der Waals surface area contributed by atoms with Crippen molar-refractivity contribution in [3.05, 3.63) is 91.4 Å². The predicted molar refractivity (Wildman–Crippen MR) is 125 cm³/mol. The minimum Gasteiger partial charge on any atom is -0.487 e. The van der Waals surface area contributed by atoms with Crippen LogP contribution in [0.5, 0.6) is 5.75 Å². The fraction of sp³-hybridized carbons (Fsp3) is 0.261. The Balaban J connectivity index is 1.44. The minimum absolute atomic E-state index is 0.138. The topological polar surface area (TPSA) is 126 Å². The summed E-state index contributed by atoms with van der Waals surface area (Å²) in [6.45, 7) is 4.20. The van der Waals surface area contributed by atoms with Gasteiger partial charge in [-0.25, -0.2) is 10.4 Å². The van der Waals surface area contributed by atoms with Crippen molar-refractivity contribution in [2.45, 2.75) is 26.4 Å². The third-order valence-corrected chi connectivity index (χ3v) is 5.26. The zero-order valence-corrected chi connectivity index (χ0v) is 18.2. The van der Waals surface area contributed by atoms with E-state index in [2.05, 4.69) is 37.5 Å². The highest BCUT2D eigenvalue weighted by molar-refractivity contribution is 5.82. The van der Waals surface area contributed by atoms with Gasteiger partial charge >= 0.3 is 5.69 Å². The van der Waals surface area contributed by atoms with Gasteiger partial charge in [-0.05, 0) is 24.6 Å². The number of nitrogens with one attached hydrogen (secondary N) is 2. The molecule has 0 saturated carbocycles. The maximum Gasteiger partial charge on any atom is 0.311 e. The second-order valence-electron chi connectivity index (χ2n) is 7.57. The molecular formula is C23H24N6O4. The van der Waals surface area contributed by atoms with Crippen LogP contribution in [0.3, 0.4) is 0 Å². The summed E-state index contributed by atoms with van der Waals surface area (Å²) in [7, 11) is 0. The number of aromatic nitrogens is 2. The maximum atomic E-state index is 12.6. The first kappa shape index (κ1) is 22.2. The van der Waals surface area contributed by atoms with Gasteiger partial charge in [-0.15, -0.1) is 0 Å². The van der Waals surface area contributed by atoms with Gasteiger partial charge in [0.1, 0.15) is 0 Å². The van der Waals surface area contributed by atoms with Gasteiger partial charge in [0.05, 0.1) is 29.0 Å². The summed E-state index contributed by atoms with van der Waals surface area (Å²) in [6.07, 6.45) is 2.08. The molecule has 4 rings (SSSR count). The number of anilines is 1. The Morgan fingerprint density at radius 2 is 2.12 bits per heavy atom. The van der Waals surface area contributed by atoms with Crippen molar-refractivity contribution in [2.75, 3.05) is 18.6 Å². The first-order valence-corrected chi connectivity index (χ1v) is 10.6. The Bertz CT molecular complexity index is 1230. The molecule has 1 aliphatic heterocycles. The highest BCUT2D eigenvalue weighted by Gasteiger charge is 2.21. The fourth-order valence-corrected chi connectivity index (χ4v) is 3.71. The van der Waals surface area contributed by atoms with Crippen molar-refractivity contribution in [3.8, 4) is 5.75 Å². The first-order chi connectivity index (χ1) is 16.0. The van der Waals surface area contributed by atoms with E-state index in [0.29, 0.717) is 30.7 Å². The number of benzene rings is 2. The number of nitrogens with zero attached hydrogens (tertiary/aromatic N) is 4. The Morgan fingerprint density at radius 1 is 1.30 bits per heavy atom.